The fraction of sp³-hybridized carbons (Fsp3) is 0.152. The SMILES string of the molecule is CC.CN1c2ccccc2C2=CCCC(=C2)c2c1ccc1ccc3c4ccccc4n(/C(N)=N/C(NCc4ccccc4)c4ccccc4)c3c21. The molecule has 1 atom stereocenters. The highest BCUT2D eigenvalue weighted by molar-refractivity contribution is 6.24. The number of para-hydroxylation sites is 2. The van der Waals surface area contributed by atoms with E-state index in [1.807, 2.05) is 26.0 Å². The molecule has 1 aliphatic carbocycles. The highest BCUT2D eigenvalue weighted by Gasteiger charge is 2.27. The molecule has 2 heterocycles. The first-order chi connectivity index (χ1) is 25.2. The number of nitrogens with zero attached hydrogens (tertiary/aromatic N) is 3. The number of benzene rings is 6. The Morgan fingerprint density at radius 3 is 2.29 bits per heavy atom. The van der Waals surface area contributed by atoms with Crippen molar-refractivity contribution in [1.82, 2.24) is 9.88 Å². The molecule has 9 rings (SSSR count). The van der Waals surface area contributed by atoms with Crippen molar-refractivity contribution in [3.8, 4) is 0 Å². The summed E-state index contributed by atoms with van der Waals surface area (Å²) >= 11 is 0. The number of nitrogens with two attached hydrogens (primary N) is 1. The van der Waals surface area contributed by atoms with Crippen molar-refractivity contribution in [2.45, 2.75) is 39.4 Å². The van der Waals surface area contributed by atoms with Crippen molar-refractivity contribution in [2.24, 2.45) is 10.7 Å². The third-order valence-electron chi connectivity index (χ3n) is 10.1. The summed E-state index contributed by atoms with van der Waals surface area (Å²) in [4.78, 5) is 7.64. The summed E-state index contributed by atoms with van der Waals surface area (Å²) in [5.74, 6) is 0.452. The van der Waals surface area contributed by atoms with Crippen LogP contribution in [-0.2, 0) is 6.54 Å². The lowest BCUT2D eigenvalue weighted by Gasteiger charge is -2.31. The second-order valence-electron chi connectivity index (χ2n) is 13.0. The van der Waals surface area contributed by atoms with Crippen LogP contribution >= 0.6 is 0 Å². The monoisotopic (exact) mass is 665 g/mol. The molecular formula is C46H43N5. The first-order valence-electron chi connectivity index (χ1n) is 18.0. The Bertz CT molecular complexity index is 2470. The Balaban J connectivity index is 0.00000184. The number of aliphatic imine (C=N–C) groups is 1. The van der Waals surface area contributed by atoms with Gasteiger partial charge in [-0.15, -0.1) is 0 Å². The van der Waals surface area contributed by atoms with E-state index in [9.17, 15) is 0 Å². The average molecular weight is 666 g/mol. The molecule has 6 aromatic carbocycles. The van der Waals surface area contributed by atoms with Gasteiger partial charge in [-0.25, -0.2) is 4.99 Å². The molecule has 0 spiro atoms. The normalized spacial score (nSPS) is 14.5. The maximum atomic E-state index is 7.23. The first kappa shape index (κ1) is 32.3. The van der Waals surface area contributed by atoms with Gasteiger partial charge in [0.25, 0.3) is 0 Å². The van der Waals surface area contributed by atoms with Gasteiger partial charge in [0.1, 0.15) is 6.17 Å². The minimum Gasteiger partial charge on any atom is -0.369 e. The van der Waals surface area contributed by atoms with Crippen LogP contribution in [0.15, 0.2) is 151 Å². The van der Waals surface area contributed by atoms with Crippen LogP contribution in [0.2, 0.25) is 0 Å². The second-order valence-corrected chi connectivity index (χ2v) is 13.0. The summed E-state index contributed by atoms with van der Waals surface area (Å²) in [5, 5.41) is 8.40. The second kappa shape index (κ2) is 13.8. The van der Waals surface area contributed by atoms with Gasteiger partial charge in [0, 0.05) is 52.3 Å². The number of hydrogen-bond acceptors (Lipinski definition) is 3. The van der Waals surface area contributed by atoms with Gasteiger partial charge in [0.15, 0.2) is 0 Å². The number of aromatic nitrogens is 1. The van der Waals surface area contributed by atoms with Crippen LogP contribution in [0, 0.1) is 0 Å². The summed E-state index contributed by atoms with van der Waals surface area (Å²) in [6.07, 6.45) is 6.44. The molecule has 252 valence electrons. The smallest absolute Gasteiger partial charge is 0.202 e. The Hall–Kier alpha value is -5.91. The third-order valence-corrected chi connectivity index (χ3v) is 10.1. The minimum atomic E-state index is -0.343. The molecule has 0 fully saturated rings. The van der Waals surface area contributed by atoms with Crippen LogP contribution in [0.3, 0.4) is 0 Å². The standard InChI is InChI=1S/C44H37N5.C2H6/c1-48-37-21-10-8-19-34(37)32-17-12-18-33(27-32)40-39(48)26-24-30-23-25-36-35-20-9-11-22-38(35)49(42(36)41(30)40)44(45)47-43(31-15-6-3-7-16-31)46-28-29-13-4-2-5-14-29;1-2/h2-11,13-17,19-27,43,46H,12,18,28H2,1H3,(H2,45,47);1-2H3. The number of allylic oxidation sites excluding steroid dienone is 4. The fourth-order valence-corrected chi connectivity index (χ4v) is 7.80. The van der Waals surface area contributed by atoms with Gasteiger partial charge in [-0.2, -0.15) is 0 Å². The predicted octanol–water partition coefficient (Wildman–Crippen LogP) is 11.0. The lowest BCUT2D eigenvalue weighted by atomic mass is 9.84. The van der Waals surface area contributed by atoms with Crippen molar-refractivity contribution in [1.29, 1.82) is 0 Å². The zero-order valence-electron chi connectivity index (χ0n) is 29.5. The molecule has 51 heavy (non-hydrogen) atoms. The molecule has 0 saturated carbocycles. The van der Waals surface area contributed by atoms with Gasteiger partial charge in [0.05, 0.1) is 11.0 Å². The van der Waals surface area contributed by atoms with Gasteiger partial charge >= 0.3 is 0 Å². The van der Waals surface area contributed by atoms with E-state index in [0.717, 1.165) is 34.8 Å². The molecule has 5 nitrogen and oxygen atoms in total. The Kier molecular flexibility index (Phi) is 8.73. The van der Waals surface area contributed by atoms with Gasteiger partial charge in [-0.3, -0.25) is 9.88 Å². The van der Waals surface area contributed by atoms with Gasteiger partial charge in [-0.1, -0.05) is 141 Å². The highest BCUT2D eigenvalue weighted by Crippen LogP contribution is 2.48. The fourth-order valence-electron chi connectivity index (χ4n) is 7.80. The summed E-state index contributed by atoms with van der Waals surface area (Å²) in [6.45, 7) is 4.67. The number of fused-ring (bicyclic) bond motifs is 11. The molecule has 1 unspecified atom stereocenters. The predicted molar refractivity (Wildman–Crippen MR) is 217 cm³/mol. The van der Waals surface area contributed by atoms with Gasteiger partial charge in [0.2, 0.25) is 5.96 Å². The molecule has 2 bridgehead atoms. The van der Waals surface area contributed by atoms with Crippen LogP contribution in [0.4, 0.5) is 11.4 Å². The number of hydrogen-bond donors (Lipinski definition) is 2. The molecule has 0 saturated heterocycles. The van der Waals surface area contributed by atoms with Crippen molar-refractivity contribution < 1.29 is 0 Å². The maximum absolute atomic E-state index is 7.23. The summed E-state index contributed by atoms with van der Waals surface area (Å²) in [5.41, 5.74) is 19.2. The van der Waals surface area contributed by atoms with E-state index in [2.05, 4.69) is 155 Å². The molecule has 3 N–H and O–H groups in total. The molecule has 5 heteroatoms. The van der Waals surface area contributed by atoms with E-state index >= 15 is 0 Å². The van der Waals surface area contributed by atoms with E-state index < -0.39 is 0 Å². The third kappa shape index (κ3) is 5.70. The topological polar surface area (TPSA) is 58.6 Å². The lowest BCUT2D eigenvalue weighted by molar-refractivity contribution is 0.552. The Morgan fingerprint density at radius 2 is 1.47 bits per heavy atom. The van der Waals surface area contributed by atoms with Crippen molar-refractivity contribution in [3.05, 3.63) is 168 Å². The van der Waals surface area contributed by atoms with E-state index in [4.69, 9.17) is 10.7 Å². The molecule has 0 amide bonds. The van der Waals surface area contributed by atoms with Crippen molar-refractivity contribution in [3.63, 3.8) is 0 Å². The number of rotatable bonds is 5. The first-order valence-corrected chi connectivity index (χ1v) is 18.0. The highest BCUT2D eigenvalue weighted by atomic mass is 15.2. The maximum Gasteiger partial charge on any atom is 0.202 e. The largest absolute Gasteiger partial charge is 0.369 e. The van der Waals surface area contributed by atoms with Crippen LogP contribution in [0.5, 0.6) is 0 Å². The van der Waals surface area contributed by atoms with Gasteiger partial charge < -0.3 is 10.6 Å². The quantitative estimate of drug-likeness (QED) is 0.142. The summed E-state index contributed by atoms with van der Waals surface area (Å²) in [6, 6.07) is 47.2. The van der Waals surface area contributed by atoms with Crippen LogP contribution in [-0.4, -0.2) is 17.6 Å². The summed E-state index contributed by atoms with van der Waals surface area (Å²) in [7, 11) is 2.19. The molecule has 0 radical (unpaired) electrons. The molecular weight excluding hydrogens is 623 g/mol. The molecule has 7 aromatic rings. The summed E-state index contributed by atoms with van der Waals surface area (Å²) < 4.78 is 2.19. The van der Waals surface area contributed by atoms with Crippen LogP contribution in [0.1, 0.15) is 55.1 Å². The minimum absolute atomic E-state index is 0.343. The van der Waals surface area contributed by atoms with E-state index in [1.54, 1.807) is 0 Å². The van der Waals surface area contributed by atoms with Crippen LogP contribution < -0.4 is 16.0 Å². The zero-order valence-corrected chi connectivity index (χ0v) is 29.5. The average Bonchev–Trinajstić information content (AvgIpc) is 3.55. The van der Waals surface area contributed by atoms with Crippen molar-refractivity contribution >= 4 is 61.1 Å². The van der Waals surface area contributed by atoms with Gasteiger partial charge in [-0.05, 0) is 58.7 Å². The van der Waals surface area contributed by atoms with E-state index in [-0.39, 0.29) is 6.17 Å². The molecule has 1 aromatic heterocycles. The van der Waals surface area contributed by atoms with Crippen LogP contribution in [0.25, 0.3) is 43.7 Å². The van der Waals surface area contributed by atoms with E-state index in [1.165, 1.54) is 55.4 Å². The Morgan fingerprint density at radius 1 is 0.765 bits per heavy atom. The number of nitrogens with one attached hydrogen (secondary N) is 1. The van der Waals surface area contributed by atoms with Crippen molar-refractivity contribution in [2.75, 3.05) is 11.9 Å². The lowest BCUT2D eigenvalue weighted by Crippen LogP contribution is -2.27. The number of anilines is 2. The molecule has 2 aliphatic rings. The van der Waals surface area contributed by atoms with E-state index in [0.29, 0.717) is 12.5 Å². The Labute approximate surface area is 300 Å². The zero-order chi connectivity index (χ0) is 34.9. The molecule has 1 aliphatic heterocycles.